The van der Waals surface area contributed by atoms with Crippen LogP contribution in [0, 0.1) is 0 Å². The van der Waals surface area contributed by atoms with Gasteiger partial charge in [-0.15, -0.1) is 0 Å². The maximum absolute atomic E-state index is 8.33. The van der Waals surface area contributed by atoms with E-state index in [4.69, 9.17) is 15.0 Å². The zero-order valence-corrected chi connectivity index (χ0v) is 22.3. The Hall–Kier alpha value is -3.75. The van der Waals surface area contributed by atoms with Crippen molar-refractivity contribution in [3.8, 4) is 0 Å². The molecule has 6 aromatic carbocycles. The molecule has 0 spiro atoms. The number of hydrogen-bond acceptors (Lipinski definition) is 3. The molecule has 0 saturated heterocycles. The van der Waals surface area contributed by atoms with Crippen LogP contribution in [0.5, 0.6) is 0 Å². The number of hydrogen-bond donors (Lipinski definition) is 0. The standard InChI is InChI=1S/3C10H7.CH2O3.Bi/c3*1-2-6-10-8-4-3-7-9(10)5-1;2-1(3)4;/h3*1-3,5-8H;(H2,2,3,4);/p-2. The van der Waals surface area contributed by atoms with Crippen molar-refractivity contribution in [3.05, 3.63) is 127 Å². The van der Waals surface area contributed by atoms with E-state index in [0.29, 0.717) is 0 Å². The molecule has 0 bridgehead atoms. The quantitative estimate of drug-likeness (QED) is 0.277. The molecular formula is C31H21BiO3-2. The predicted molar refractivity (Wildman–Crippen MR) is 142 cm³/mol. The third-order valence-corrected chi connectivity index (χ3v) is 15.2. The summed E-state index contributed by atoms with van der Waals surface area (Å²) in [6, 6.07) is 47.5. The third kappa shape index (κ3) is 5.18. The Morgan fingerprint density at radius 3 is 0.971 bits per heavy atom. The molecule has 6 rings (SSSR count). The van der Waals surface area contributed by atoms with Crippen molar-refractivity contribution >= 4 is 70.0 Å². The molecule has 0 atom stereocenters. The number of carbonyl (C=O) groups excluding carboxylic acids is 1. The van der Waals surface area contributed by atoms with Crippen LogP contribution >= 0.6 is 0 Å². The van der Waals surface area contributed by atoms with Crippen molar-refractivity contribution in [2.75, 3.05) is 0 Å². The third-order valence-electron chi connectivity index (χ3n) is 5.97. The predicted octanol–water partition coefficient (Wildman–Crippen LogP) is 3.22. The molecule has 0 radical (unpaired) electrons. The number of rotatable bonds is 3. The van der Waals surface area contributed by atoms with Gasteiger partial charge in [0.05, 0.1) is 0 Å². The van der Waals surface area contributed by atoms with Gasteiger partial charge in [0.1, 0.15) is 0 Å². The second kappa shape index (κ2) is 10.3. The summed E-state index contributed by atoms with van der Waals surface area (Å²) in [6.07, 6.45) is -2.33. The Morgan fingerprint density at radius 2 is 0.686 bits per heavy atom. The molecule has 0 aromatic heterocycles. The van der Waals surface area contributed by atoms with Crippen LogP contribution in [0.1, 0.15) is 0 Å². The molecule has 0 aliphatic heterocycles. The molecule has 3 nitrogen and oxygen atoms in total. The molecular weight excluding hydrogens is 629 g/mol. The molecule has 6 aromatic rings. The minimum absolute atomic E-state index is 1.31. The zero-order valence-electron chi connectivity index (χ0n) is 18.8. The van der Waals surface area contributed by atoms with Gasteiger partial charge < -0.3 is 15.0 Å². The fourth-order valence-electron chi connectivity index (χ4n) is 4.39. The molecule has 0 saturated carbocycles. The number of benzene rings is 6. The Morgan fingerprint density at radius 1 is 0.429 bits per heavy atom. The summed E-state index contributed by atoms with van der Waals surface area (Å²) in [5.74, 6) is 0. The van der Waals surface area contributed by atoms with E-state index in [-0.39, 0.29) is 0 Å². The average Bonchev–Trinajstić information content (AvgIpc) is 2.88. The summed E-state index contributed by atoms with van der Waals surface area (Å²) in [5, 5.41) is 24.6. The molecule has 0 unspecified atom stereocenters. The van der Waals surface area contributed by atoms with E-state index in [1.165, 1.54) is 42.1 Å². The van der Waals surface area contributed by atoms with Crippen molar-refractivity contribution in [2.24, 2.45) is 0 Å². The molecule has 4 heteroatoms. The number of carbonyl (C=O) groups is 1. The normalized spacial score (nSPS) is 10.9. The van der Waals surface area contributed by atoms with Gasteiger partial charge in [-0.1, -0.05) is 0 Å². The summed E-state index contributed by atoms with van der Waals surface area (Å²) in [5.41, 5.74) is 0. The van der Waals surface area contributed by atoms with Crippen molar-refractivity contribution in [3.63, 3.8) is 0 Å². The molecule has 170 valence electrons. The molecule has 0 fully saturated rings. The van der Waals surface area contributed by atoms with Gasteiger partial charge in [-0.05, 0) is 6.16 Å². The Balaban J connectivity index is 0.000000591. The first kappa shape index (κ1) is 23.0. The topological polar surface area (TPSA) is 63.2 Å². The molecule has 0 N–H and O–H groups in total. The van der Waals surface area contributed by atoms with Crippen molar-refractivity contribution in [2.45, 2.75) is 0 Å². The van der Waals surface area contributed by atoms with E-state index < -0.39 is 27.9 Å². The number of carboxylic acid groups (broad SMARTS) is 2. The van der Waals surface area contributed by atoms with Gasteiger partial charge in [0, 0.05) is 0 Å². The van der Waals surface area contributed by atoms with Gasteiger partial charge in [0.15, 0.2) is 0 Å². The van der Waals surface area contributed by atoms with Gasteiger partial charge in [-0.25, -0.2) is 0 Å². The molecule has 35 heavy (non-hydrogen) atoms. The van der Waals surface area contributed by atoms with Gasteiger partial charge in [-0.3, -0.25) is 0 Å². The van der Waals surface area contributed by atoms with Crippen molar-refractivity contribution in [1.82, 2.24) is 0 Å². The molecule has 0 heterocycles. The van der Waals surface area contributed by atoms with Crippen LogP contribution in [0.4, 0.5) is 4.79 Å². The van der Waals surface area contributed by atoms with Crippen LogP contribution < -0.4 is 20.0 Å². The monoisotopic (exact) mass is 650 g/mol. The van der Waals surface area contributed by atoms with Gasteiger partial charge >= 0.3 is 191 Å². The first-order chi connectivity index (χ1) is 17.1. The maximum atomic E-state index is 8.33. The van der Waals surface area contributed by atoms with Crippen LogP contribution in [0.25, 0.3) is 32.3 Å². The van der Waals surface area contributed by atoms with Crippen molar-refractivity contribution < 1.29 is 15.0 Å². The first-order valence-electron chi connectivity index (χ1n) is 11.2. The first-order valence-corrected chi connectivity index (χ1v) is 16.4. The van der Waals surface area contributed by atoms with E-state index in [0.717, 1.165) is 0 Å². The second-order valence-corrected chi connectivity index (χ2v) is 16.8. The fraction of sp³-hybridized carbons (Fsp3) is 0. The van der Waals surface area contributed by atoms with Crippen LogP contribution in [0.15, 0.2) is 127 Å². The van der Waals surface area contributed by atoms with Crippen LogP contribution in [-0.2, 0) is 0 Å². The number of fused-ring (bicyclic) bond motifs is 3. The Kier molecular flexibility index (Phi) is 6.74. The zero-order chi connectivity index (χ0) is 24.2. The van der Waals surface area contributed by atoms with E-state index in [1.807, 2.05) is 0 Å². The van der Waals surface area contributed by atoms with Crippen molar-refractivity contribution in [1.29, 1.82) is 0 Å². The average molecular weight is 650 g/mol. The van der Waals surface area contributed by atoms with Crippen LogP contribution in [0.2, 0.25) is 0 Å². The second-order valence-electron chi connectivity index (χ2n) is 8.18. The van der Waals surface area contributed by atoms with Gasteiger partial charge in [-0.2, -0.15) is 0 Å². The van der Waals surface area contributed by atoms with Gasteiger partial charge in [0.25, 0.3) is 0 Å². The van der Waals surface area contributed by atoms with E-state index >= 15 is 0 Å². The van der Waals surface area contributed by atoms with Crippen LogP contribution in [-0.4, -0.2) is 27.9 Å². The summed E-state index contributed by atoms with van der Waals surface area (Å²) in [6.45, 7) is 0. The molecule has 0 aliphatic rings. The van der Waals surface area contributed by atoms with E-state index in [1.54, 1.807) is 0 Å². The van der Waals surface area contributed by atoms with E-state index in [9.17, 15) is 0 Å². The minimum atomic E-state index is -2.48. The summed E-state index contributed by atoms with van der Waals surface area (Å²) in [7, 11) is 0. The fourth-order valence-corrected chi connectivity index (χ4v) is 13.6. The molecule has 0 aliphatic carbocycles. The Labute approximate surface area is 211 Å². The van der Waals surface area contributed by atoms with Gasteiger partial charge in [0.2, 0.25) is 0 Å². The SMILES string of the molecule is O=C([O-])[O-].c1ccc2c[c]([Bi]([c]3ccc4ccccc4c3)[c]3ccc4ccccc4c3)ccc2c1. The van der Waals surface area contributed by atoms with E-state index in [2.05, 4.69) is 127 Å². The summed E-state index contributed by atoms with van der Waals surface area (Å²) >= 11 is -2.48. The summed E-state index contributed by atoms with van der Waals surface area (Å²) < 4.78 is 4.58. The van der Waals surface area contributed by atoms with Crippen LogP contribution in [0.3, 0.4) is 0 Å². The molecule has 0 amide bonds. The Bertz CT molecular complexity index is 1470. The summed E-state index contributed by atoms with van der Waals surface area (Å²) in [4.78, 5) is 8.33.